The number of anilines is 3. The van der Waals surface area contributed by atoms with Gasteiger partial charge in [-0.2, -0.15) is 8.42 Å². The summed E-state index contributed by atoms with van der Waals surface area (Å²) in [5.74, 6) is -1.71. The lowest BCUT2D eigenvalue weighted by atomic mass is 10.2. The van der Waals surface area contributed by atoms with Crippen molar-refractivity contribution in [1.82, 2.24) is 5.32 Å². The van der Waals surface area contributed by atoms with Gasteiger partial charge in [0, 0.05) is 26.3 Å². The van der Waals surface area contributed by atoms with Crippen LogP contribution in [-0.4, -0.2) is 41.8 Å². The Hall–Kier alpha value is -2.23. The normalized spacial score (nSPS) is 16.4. The van der Waals surface area contributed by atoms with E-state index in [1.54, 1.807) is 38.4 Å². The molecule has 3 rings (SSSR count). The molecule has 1 aliphatic rings. The molecule has 0 unspecified atom stereocenters. The van der Waals surface area contributed by atoms with Crippen molar-refractivity contribution in [1.29, 1.82) is 0 Å². The van der Waals surface area contributed by atoms with E-state index in [0.717, 1.165) is 16.4 Å². The quantitative estimate of drug-likeness (QED) is 0.781. The zero-order chi connectivity index (χ0) is 19.6. The molecule has 1 atom stereocenters. The number of hydrogen-bond donors (Lipinski definition) is 1. The van der Waals surface area contributed by atoms with E-state index in [1.165, 1.54) is 4.31 Å². The number of methoxy groups -OCH3 is 1. The van der Waals surface area contributed by atoms with E-state index in [2.05, 4.69) is 5.32 Å². The summed E-state index contributed by atoms with van der Waals surface area (Å²) in [5.41, 5.74) is 0.552. The number of ether oxygens (including phenoxy) is 1. The second kappa shape index (κ2) is 7.79. The van der Waals surface area contributed by atoms with Crippen molar-refractivity contribution in [3.05, 3.63) is 54.1 Å². The van der Waals surface area contributed by atoms with Gasteiger partial charge in [0.2, 0.25) is 0 Å². The van der Waals surface area contributed by atoms with Crippen molar-refractivity contribution in [2.24, 2.45) is 0 Å². The van der Waals surface area contributed by atoms with E-state index in [9.17, 15) is 17.2 Å². The fourth-order valence-corrected chi connectivity index (χ4v) is 4.86. The summed E-state index contributed by atoms with van der Waals surface area (Å²) in [4.78, 5) is 0. The van der Waals surface area contributed by atoms with Gasteiger partial charge >= 0.3 is 10.2 Å². The molecule has 27 heavy (non-hydrogen) atoms. The number of fused-ring (bicyclic) bond motifs is 1. The monoisotopic (exact) mass is 397 g/mol. The lowest BCUT2D eigenvalue weighted by Gasteiger charge is -2.24. The van der Waals surface area contributed by atoms with Crippen LogP contribution in [0.1, 0.15) is 6.42 Å². The molecule has 0 radical (unpaired) electrons. The summed E-state index contributed by atoms with van der Waals surface area (Å²) in [5, 5.41) is 2.99. The Bertz CT molecular complexity index is 924. The molecule has 146 valence electrons. The average molecular weight is 397 g/mol. The van der Waals surface area contributed by atoms with Crippen molar-refractivity contribution in [3.63, 3.8) is 0 Å². The van der Waals surface area contributed by atoms with Crippen LogP contribution in [0.2, 0.25) is 0 Å². The number of benzene rings is 2. The lowest BCUT2D eigenvalue weighted by Crippen LogP contribution is -2.38. The van der Waals surface area contributed by atoms with Gasteiger partial charge in [-0.3, -0.25) is 4.31 Å². The first kappa shape index (κ1) is 19.5. The highest BCUT2D eigenvalue weighted by atomic mass is 32.2. The molecule has 9 heteroatoms. The van der Waals surface area contributed by atoms with E-state index in [4.69, 9.17) is 4.74 Å². The summed E-state index contributed by atoms with van der Waals surface area (Å²) in [6, 6.07) is 9.47. The van der Waals surface area contributed by atoms with Crippen LogP contribution in [0.5, 0.6) is 0 Å². The zero-order valence-electron chi connectivity index (χ0n) is 15.0. The molecule has 0 spiro atoms. The molecule has 0 fully saturated rings. The minimum atomic E-state index is -4.07. The topological polar surface area (TPSA) is 61.9 Å². The summed E-state index contributed by atoms with van der Waals surface area (Å²) in [7, 11) is -0.717. The second-order valence-electron chi connectivity index (χ2n) is 6.13. The molecule has 6 nitrogen and oxygen atoms in total. The number of nitrogens with zero attached hydrogens (tertiary/aromatic N) is 2. The van der Waals surface area contributed by atoms with Crippen LogP contribution in [0.3, 0.4) is 0 Å². The number of likely N-dealkylation sites (N-methyl/N-ethyl adjacent to an activating group) is 1. The number of nitrogens with one attached hydrogen (secondary N) is 1. The van der Waals surface area contributed by atoms with Crippen LogP contribution in [0.4, 0.5) is 25.8 Å². The molecule has 0 bridgehead atoms. The van der Waals surface area contributed by atoms with E-state index in [1.807, 2.05) is 0 Å². The first-order valence-electron chi connectivity index (χ1n) is 8.44. The summed E-state index contributed by atoms with van der Waals surface area (Å²) in [6.45, 7) is 0.737. The molecular formula is C18H21F2N3O3S. The molecule has 0 saturated heterocycles. The van der Waals surface area contributed by atoms with Gasteiger partial charge in [0.05, 0.1) is 23.2 Å². The maximum atomic E-state index is 14.3. The summed E-state index contributed by atoms with van der Waals surface area (Å²) < 4.78 is 61.5. The summed E-state index contributed by atoms with van der Waals surface area (Å²) >= 11 is 0. The lowest BCUT2D eigenvalue weighted by molar-refractivity contribution is 0.0985. The van der Waals surface area contributed by atoms with Crippen LogP contribution in [0.25, 0.3) is 0 Å². The first-order chi connectivity index (χ1) is 12.9. The van der Waals surface area contributed by atoms with E-state index in [-0.39, 0.29) is 18.3 Å². The maximum absolute atomic E-state index is 14.3. The number of rotatable bonds is 7. The molecule has 1 N–H and O–H groups in total. The fraction of sp³-hybridized carbons (Fsp3) is 0.333. The van der Waals surface area contributed by atoms with Crippen molar-refractivity contribution in [3.8, 4) is 0 Å². The smallest absolute Gasteiger partial charge is 0.331 e. The van der Waals surface area contributed by atoms with Crippen LogP contribution < -0.4 is 13.9 Å². The van der Waals surface area contributed by atoms with Crippen LogP contribution >= 0.6 is 0 Å². The Morgan fingerprint density at radius 1 is 1.11 bits per heavy atom. The Balaban J connectivity index is 2.00. The number of halogens is 2. The minimum absolute atomic E-state index is 0.166. The predicted molar refractivity (Wildman–Crippen MR) is 101 cm³/mol. The molecule has 2 aromatic carbocycles. The Labute approximate surface area is 157 Å². The van der Waals surface area contributed by atoms with Gasteiger partial charge in [0.15, 0.2) is 5.82 Å². The number of hydrogen-bond acceptors (Lipinski definition) is 4. The predicted octanol–water partition coefficient (Wildman–Crippen LogP) is 2.79. The molecule has 1 heterocycles. The molecule has 1 aliphatic heterocycles. The van der Waals surface area contributed by atoms with Crippen LogP contribution in [0.15, 0.2) is 42.5 Å². The largest absolute Gasteiger partial charge is 0.380 e. The van der Waals surface area contributed by atoms with E-state index >= 15 is 0 Å². The van der Waals surface area contributed by atoms with Crippen molar-refractivity contribution < 1.29 is 21.9 Å². The third kappa shape index (κ3) is 3.62. The van der Waals surface area contributed by atoms with Gasteiger partial charge in [-0.05, 0) is 37.7 Å². The second-order valence-corrected chi connectivity index (χ2v) is 7.83. The highest BCUT2D eigenvalue weighted by Crippen LogP contribution is 2.45. The molecule has 0 aliphatic carbocycles. The first-order valence-corrected chi connectivity index (χ1v) is 9.84. The molecule has 2 aromatic rings. The molecule has 0 aromatic heterocycles. The van der Waals surface area contributed by atoms with Gasteiger partial charge in [0.1, 0.15) is 5.82 Å². The van der Waals surface area contributed by atoms with E-state index in [0.29, 0.717) is 30.4 Å². The number of para-hydroxylation sites is 2. The van der Waals surface area contributed by atoms with Gasteiger partial charge in [-0.1, -0.05) is 12.1 Å². The van der Waals surface area contributed by atoms with Gasteiger partial charge in [0.25, 0.3) is 0 Å². The molecule has 0 amide bonds. The fourth-order valence-electron chi connectivity index (χ4n) is 3.12. The van der Waals surface area contributed by atoms with Gasteiger partial charge in [-0.25, -0.2) is 13.1 Å². The van der Waals surface area contributed by atoms with Crippen molar-refractivity contribution in [2.45, 2.75) is 12.5 Å². The Morgan fingerprint density at radius 2 is 1.81 bits per heavy atom. The van der Waals surface area contributed by atoms with Crippen LogP contribution in [0, 0.1) is 11.6 Å². The Morgan fingerprint density at radius 3 is 2.44 bits per heavy atom. The van der Waals surface area contributed by atoms with Crippen molar-refractivity contribution in [2.75, 3.05) is 35.9 Å². The maximum Gasteiger partial charge on any atom is 0.331 e. The third-order valence-corrected chi connectivity index (χ3v) is 6.22. The highest BCUT2D eigenvalue weighted by Gasteiger charge is 2.42. The van der Waals surface area contributed by atoms with Crippen molar-refractivity contribution >= 4 is 27.3 Å². The summed E-state index contributed by atoms with van der Waals surface area (Å²) in [6.07, 6.45) is 0.277. The Kier molecular flexibility index (Phi) is 5.64. The molecule has 0 saturated carbocycles. The highest BCUT2D eigenvalue weighted by molar-refractivity contribution is 7.95. The van der Waals surface area contributed by atoms with Crippen LogP contribution in [-0.2, 0) is 14.9 Å². The average Bonchev–Trinajstić information content (AvgIpc) is 2.85. The van der Waals surface area contributed by atoms with Gasteiger partial charge in [-0.15, -0.1) is 0 Å². The minimum Gasteiger partial charge on any atom is -0.380 e. The van der Waals surface area contributed by atoms with E-state index < -0.39 is 21.8 Å². The zero-order valence-corrected chi connectivity index (χ0v) is 15.8. The standard InChI is InChI=1S/C18H21F2N3O3S/c1-21-12-14(26-2)9-10-22-17-5-3-4-6-18(17)23(27(22,24)25)16-8-7-13(19)11-15(16)20/h3-8,11,14,21H,9-10,12H2,1-2H3/t14-/m0/s1. The molecular weight excluding hydrogens is 376 g/mol. The third-order valence-electron chi connectivity index (χ3n) is 4.43. The van der Waals surface area contributed by atoms with Gasteiger partial charge < -0.3 is 10.1 Å². The SMILES string of the molecule is CNC[C@H](CCN1c2ccccc2N(c2ccc(F)cc2F)S1(=O)=O)OC.